The van der Waals surface area contributed by atoms with Crippen molar-refractivity contribution in [3.8, 4) is 0 Å². The number of carbonyl (C=O) groups is 2. The lowest BCUT2D eigenvalue weighted by Crippen LogP contribution is -2.27. The third-order valence-electron chi connectivity index (χ3n) is 2.51. The van der Waals surface area contributed by atoms with Crippen molar-refractivity contribution in [1.29, 1.82) is 0 Å². The van der Waals surface area contributed by atoms with E-state index in [1.165, 1.54) is 0 Å². The second-order valence-electron chi connectivity index (χ2n) is 4.06. The number of carboxylic acid groups (broad SMARTS) is 1. The van der Waals surface area contributed by atoms with Gasteiger partial charge >= 0.3 is 5.97 Å². The summed E-state index contributed by atoms with van der Waals surface area (Å²) in [7, 11) is 0. The first-order chi connectivity index (χ1) is 9.02. The number of aliphatic carboxylic acids is 1. The molecule has 0 saturated carbocycles. The number of aliphatic hydroxyl groups excluding tert-OH is 1. The lowest BCUT2D eigenvalue weighted by atomic mass is 10.1. The van der Waals surface area contributed by atoms with Crippen molar-refractivity contribution in [3.63, 3.8) is 0 Å². The highest BCUT2D eigenvalue weighted by Crippen LogP contribution is 2.15. The van der Waals surface area contributed by atoms with Gasteiger partial charge in [-0.15, -0.1) is 0 Å². The highest BCUT2D eigenvalue weighted by molar-refractivity contribution is 5.90. The molecule has 0 aliphatic heterocycles. The van der Waals surface area contributed by atoms with E-state index in [0.29, 0.717) is 17.7 Å². The SMILES string of the molecule is CCC(=O)Nc1ccc(C(O)CNCC(=O)O)cc1. The van der Waals surface area contributed by atoms with Crippen LogP contribution in [0.1, 0.15) is 25.0 Å². The molecule has 6 nitrogen and oxygen atoms in total. The number of hydrogen-bond donors (Lipinski definition) is 4. The quantitative estimate of drug-likeness (QED) is 0.583. The summed E-state index contributed by atoms with van der Waals surface area (Å²) < 4.78 is 0. The maximum absolute atomic E-state index is 11.2. The Balaban J connectivity index is 2.50. The summed E-state index contributed by atoms with van der Waals surface area (Å²) in [6, 6.07) is 6.78. The van der Waals surface area contributed by atoms with Crippen LogP contribution in [-0.2, 0) is 9.59 Å². The van der Waals surface area contributed by atoms with E-state index in [2.05, 4.69) is 10.6 Å². The third kappa shape index (κ3) is 5.50. The van der Waals surface area contributed by atoms with E-state index < -0.39 is 12.1 Å². The lowest BCUT2D eigenvalue weighted by molar-refractivity contribution is -0.136. The van der Waals surface area contributed by atoms with Crippen LogP contribution in [-0.4, -0.2) is 35.2 Å². The number of benzene rings is 1. The first kappa shape index (κ1) is 15.1. The van der Waals surface area contributed by atoms with Crippen LogP contribution < -0.4 is 10.6 Å². The van der Waals surface area contributed by atoms with Crippen LogP contribution in [0.4, 0.5) is 5.69 Å². The molecule has 0 heterocycles. The fourth-order valence-electron chi connectivity index (χ4n) is 1.47. The molecular weight excluding hydrogens is 248 g/mol. The van der Waals surface area contributed by atoms with E-state index in [0.717, 1.165) is 0 Å². The summed E-state index contributed by atoms with van der Waals surface area (Å²) >= 11 is 0. The molecule has 4 N–H and O–H groups in total. The normalized spacial score (nSPS) is 11.9. The Hall–Kier alpha value is -1.92. The third-order valence-corrected chi connectivity index (χ3v) is 2.51. The van der Waals surface area contributed by atoms with E-state index in [-0.39, 0.29) is 19.0 Å². The Morgan fingerprint density at radius 1 is 1.26 bits per heavy atom. The van der Waals surface area contributed by atoms with Gasteiger partial charge in [0.05, 0.1) is 12.6 Å². The Morgan fingerprint density at radius 3 is 2.42 bits per heavy atom. The first-order valence-corrected chi connectivity index (χ1v) is 6.03. The summed E-state index contributed by atoms with van der Waals surface area (Å²) in [5.41, 5.74) is 1.33. The van der Waals surface area contributed by atoms with E-state index in [1.807, 2.05) is 0 Å². The second-order valence-corrected chi connectivity index (χ2v) is 4.06. The minimum atomic E-state index is -0.968. The Kier molecular flexibility index (Phi) is 5.98. The summed E-state index contributed by atoms with van der Waals surface area (Å²) in [6.45, 7) is 1.73. The predicted octanol–water partition coefficient (Wildman–Crippen LogP) is 0.743. The zero-order chi connectivity index (χ0) is 14.3. The maximum atomic E-state index is 11.2. The molecule has 1 aromatic rings. The zero-order valence-electron chi connectivity index (χ0n) is 10.7. The fraction of sp³-hybridized carbons (Fsp3) is 0.385. The molecule has 0 bridgehead atoms. The second kappa shape index (κ2) is 7.50. The van der Waals surface area contributed by atoms with Gasteiger partial charge in [-0.3, -0.25) is 9.59 Å². The monoisotopic (exact) mass is 266 g/mol. The van der Waals surface area contributed by atoms with Crippen LogP contribution in [0, 0.1) is 0 Å². The van der Waals surface area contributed by atoms with Crippen molar-refractivity contribution < 1.29 is 19.8 Å². The summed E-state index contributed by atoms with van der Waals surface area (Å²) in [4.78, 5) is 21.5. The highest BCUT2D eigenvalue weighted by atomic mass is 16.4. The van der Waals surface area contributed by atoms with Gasteiger partial charge in [0.2, 0.25) is 5.91 Å². The van der Waals surface area contributed by atoms with E-state index >= 15 is 0 Å². The summed E-state index contributed by atoms with van der Waals surface area (Å²) in [6.07, 6.45) is -0.376. The molecule has 0 aliphatic rings. The largest absolute Gasteiger partial charge is 0.480 e. The number of hydrogen-bond acceptors (Lipinski definition) is 4. The smallest absolute Gasteiger partial charge is 0.317 e. The molecule has 1 unspecified atom stereocenters. The van der Waals surface area contributed by atoms with Crippen molar-refractivity contribution in [3.05, 3.63) is 29.8 Å². The molecule has 0 radical (unpaired) electrons. The maximum Gasteiger partial charge on any atom is 0.317 e. The molecule has 1 atom stereocenters. The van der Waals surface area contributed by atoms with Crippen molar-refractivity contribution in [2.45, 2.75) is 19.4 Å². The van der Waals surface area contributed by atoms with Crippen molar-refractivity contribution in [2.75, 3.05) is 18.4 Å². The number of nitrogens with one attached hydrogen (secondary N) is 2. The number of rotatable bonds is 7. The van der Waals surface area contributed by atoms with E-state index in [4.69, 9.17) is 5.11 Å². The predicted molar refractivity (Wildman–Crippen MR) is 70.8 cm³/mol. The van der Waals surface area contributed by atoms with Crippen LogP contribution in [0.15, 0.2) is 24.3 Å². The molecule has 0 aromatic heterocycles. The summed E-state index contributed by atoms with van der Waals surface area (Å²) in [5.74, 6) is -1.04. The van der Waals surface area contributed by atoms with Gasteiger partial charge in [-0.05, 0) is 17.7 Å². The average molecular weight is 266 g/mol. The molecule has 19 heavy (non-hydrogen) atoms. The number of carboxylic acids is 1. The van der Waals surface area contributed by atoms with Crippen LogP contribution >= 0.6 is 0 Å². The Bertz CT molecular complexity index is 431. The number of carbonyl (C=O) groups excluding carboxylic acids is 1. The zero-order valence-corrected chi connectivity index (χ0v) is 10.7. The van der Waals surface area contributed by atoms with Crippen molar-refractivity contribution in [1.82, 2.24) is 5.32 Å². The van der Waals surface area contributed by atoms with Crippen LogP contribution in [0.2, 0.25) is 0 Å². The van der Waals surface area contributed by atoms with Gasteiger partial charge in [0.15, 0.2) is 0 Å². The summed E-state index contributed by atoms with van der Waals surface area (Å²) in [5, 5.41) is 23.6. The molecular formula is C13H18N2O4. The first-order valence-electron chi connectivity index (χ1n) is 6.03. The lowest BCUT2D eigenvalue weighted by Gasteiger charge is -2.12. The molecule has 6 heteroatoms. The molecule has 1 aromatic carbocycles. The van der Waals surface area contributed by atoms with Crippen LogP contribution in [0.25, 0.3) is 0 Å². The van der Waals surface area contributed by atoms with E-state index in [1.54, 1.807) is 31.2 Å². The van der Waals surface area contributed by atoms with Gasteiger partial charge in [-0.2, -0.15) is 0 Å². The van der Waals surface area contributed by atoms with Gasteiger partial charge in [-0.1, -0.05) is 19.1 Å². The molecule has 1 rings (SSSR count). The molecule has 104 valence electrons. The molecule has 0 fully saturated rings. The Morgan fingerprint density at radius 2 is 1.89 bits per heavy atom. The topological polar surface area (TPSA) is 98.7 Å². The average Bonchev–Trinajstić information content (AvgIpc) is 2.38. The minimum absolute atomic E-state index is 0.0728. The number of aliphatic hydroxyl groups is 1. The van der Waals surface area contributed by atoms with Gasteiger partial charge in [0, 0.05) is 18.7 Å². The molecule has 0 aliphatic carbocycles. The molecule has 0 saturated heterocycles. The van der Waals surface area contributed by atoms with Crippen molar-refractivity contribution >= 4 is 17.6 Å². The molecule has 0 spiro atoms. The number of anilines is 1. The standard InChI is InChI=1S/C13H18N2O4/c1-2-12(17)15-10-5-3-9(4-6-10)11(16)7-14-8-13(18)19/h3-6,11,14,16H,2,7-8H2,1H3,(H,15,17)(H,18,19). The van der Waals surface area contributed by atoms with Crippen LogP contribution in [0.5, 0.6) is 0 Å². The van der Waals surface area contributed by atoms with Gasteiger partial charge in [0.25, 0.3) is 0 Å². The van der Waals surface area contributed by atoms with Gasteiger partial charge < -0.3 is 20.8 Å². The van der Waals surface area contributed by atoms with Crippen molar-refractivity contribution in [2.24, 2.45) is 0 Å². The molecule has 1 amide bonds. The Labute approximate surface area is 111 Å². The van der Waals surface area contributed by atoms with Crippen LogP contribution in [0.3, 0.4) is 0 Å². The number of amides is 1. The van der Waals surface area contributed by atoms with E-state index in [9.17, 15) is 14.7 Å². The minimum Gasteiger partial charge on any atom is -0.480 e. The fourth-order valence-corrected chi connectivity index (χ4v) is 1.47. The van der Waals surface area contributed by atoms with Gasteiger partial charge in [-0.25, -0.2) is 0 Å². The highest BCUT2D eigenvalue weighted by Gasteiger charge is 2.08. The van der Waals surface area contributed by atoms with Gasteiger partial charge in [0.1, 0.15) is 0 Å².